The van der Waals surface area contributed by atoms with Crippen molar-refractivity contribution in [3.8, 4) is 17.0 Å². The number of hydrogen-bond donors (Lipinski definition) is 1. The second-order valence-corrected chi connectivity index (χ2v) is 14.4. The number of aromatic nitrogens is 1. The Kier molecular flexibility index (Phi) is 12.7. The fourth-order valence-corrected chi connectivity index (χ4v) is 9.18. The molecule has 4 aromatic rings. The van der Waals surface area contributed by atoms with Crippen LogP contribution in [-0.2, 0) is 13.2 Å². The minimum absolute atomic E-state index is 0. The molecule has 2 aliphatic carbocycles. The fraction of sp³-hybridized carbons (Fsp3) is 0.500. The molecule has 1 aliphatic heterocycles. The smallest absolute Gasteiger partial charge is 0.345 e. The van der Waals surface area contributed by atoms with Gasteiger partial charge in [-0.05, 0) is 78.6 Å². The summed E-state index contributed by atoms with van der Waals surface area (Å²) in [7, 11) is 0. The van der Waals surface area contributed by atoms with E-state index in [9.17, 15) is 9.90 Å². The highest BCUT2D eigenvalue weighted by Crippen LogP contribution is 2.47. The first-order chi connectivity index (χ1) is 22.1. The Balaban J connectivity index is 0.00000217. The number of piperazine rings is 1. The molecule has 2 aromatic heterocycles. The highest BCUT2D eigenvalue weighted by molar-refractivity contribution is 7.21. The number of carboxylic acids is 1. The van der Waals surface area contributed by atoms with Gasteiger partial charge in [0.05, 0.1) is 15.9 Å². The van der Waals surface area contributed by atoms with Crippen LogP contribution in [0.5, 0.6) is 5.75 Å². The molecule has 254 valence electrons. The van der Waals surface area contributed by atoms with Crippen LogP contribution in [-0.4, -0.2) is 64.2 Å². The van der Waals surface area contributed by atoms with E-state index in [1.165, 1.54) is 97.1 Å². The summed E-state index contributed by atoms with van der Waals surface area (Å²) in [6, 6.07) is 21.6. The molecule has 47 heavy (non-hydrogen) atoms. The summed E-state index contributed by atoms with van der Waals surface area (Å²) in [5.41, 5.74) is 6.12. The topological polar surface area (TPSA) is 57.9 Å². The molecule has 7 rings (SSSR count). The Hall–Kier alpha value is -2.55. The first kappa shape index (κ1) is 35.7. The van der Waals surface area contributed by atoms with Crippen molar-refractivity contribution < 1.29 is 14.6 Å². The third-order valence-corrected chi connectivity index (χ3v) is 11.7. The molecule has 0 radical (unpaired) electrons. The number of hydrogen-bond acceptors (Lipinski definition) is 5. The van der Waals surface area contributed by atoms with E-state index in [1.807, 2.05) is 24.3 Å². The average Bonchev–Trinajstić information content (AvgIpc) is 3.66. The minimum atomic E-state index is -0.822. The standard InChI is InChI=1S/C38H47N3O3S.2ClH/c42-38(43)34-26-33-37(45-34)35(29-12-6-2-7-13-29)36(30-16-18-32(19-17-30)44-27-28-10-4-1-5-11-28)41(33)25-22-39-20-23-40(24-21-39)31-14-8-3-9-15-31;;/h1,4-5,10-11,16-19,26,29,31H,2-3,6-9,12-15,20-25,27H2,(H,42,43);2*1H. The number of benzene rings is 2. The van der Waals surface area contributed by atoms with Crippen molar-refractivity contribution >= 4 is 52.3 Å². The van der Waals surface area contributed by atoms with Crippen LogP contribution in [0.25, 0.3) is 21.5 Å². The third kappa shape index (κ3) is 8.19. The van der Waals surface area contributed by atoms with Crippen molar-refractivity contribution in [3.05, 3.63) is 76.7 Å². The molecular weight excluding hydrogens is 649 g/mol. The molecule has 9 heteroatoms. The lowest BCUT2D eigenvalue weighted by Crippen LogP contribution is -2.51. The Labute approximate surface area is 295 Å². The van der Waals surface area contributed by atoms with Gasteiger partial charge < -0.3 is 14.4 Å². The summed E-state index contributed by atoms with van der Waals surface area (Å²) >= 11 is 1.48. The average molecular weight is 699 g/mol. The lowest BCUT2D eigenvalue weighted by molar-refractivity contribution is 0.0702. The van der Waals surface area contributed by atoms with E-state index in [0.29, 0.717) is 17.4 Å². The van der Waals surface area contributed by atoms with Gasteiger partial charge in [-0.2, -0.15) is 0 Å². The van der Waals surface area contributed by atoms with Crippen LogP contribution in [0.2, 0.25) is 0 Å². The zero-order valence-corrected chi connectivity index (χ0v) is 29.7. The van der Waals surface area contributed by atoms with Crippen molar-refractivity contribution in [1.29, 1.82) is 0 Å². The Morgan fingerprint density at radius 3 is 2.13 bits per heavy atom. The SMILES string of the molecule is Cl.Cl.O=C(O)c1cc2c(s1)c(C1CCCCC1)c(-c1ccc(OCc3ccccc3)cc1)n2CCN1CCN(C2CCCCC2)CC1. The van der Waals surface area contributed by atoms with Crippen molar-refractivity contribution in [2.75, 3.05) is 32.7 Å². The maximum atomic E-state index is 12.2. The molecule has 3 fully saturated rings. The minimum Gasteiger partial charge on any atom is -0.489 e. The maximum absolute atomic E-state index is 12.2. The van der Waals surface area contributed by atoms with E-state index < -0.39 is 5.97 Å². The molecule has 2 saturated carbocycles. The zero-order valence-electron chi connectivity index (χ0n) is 27.3. The molecule has 0 amide bonds. The fourth-order valence-electron chi connectivity index (χ4n) is 8.06. The summed E-state index contributed by atoms with van der Waals surface area (Å²) in [6.45, 7) is 6.95. The van der Waals surface area contributed by atoms with Crippen molar-refractivity contribution in [2.24, 2.45) is 0 Å². The van der Waals surface area contributed by atoms with Crippen LogP contribution in [0.15, 0.2) is 60.7 Å². The first-order valence-corrected chi connectivity index (χ1v) is 18.1. The maximum Gasteiger partial charge on any atom is 0.345 e. The monoisotopic (exact) mass is 697 g/mol. The van der Waals surface area contributed by atoms with E-state index in [0.717, 1.165) is 62.1 Å². The Morgan fingerprint density at radius 1 is 0.809 bits per heavy atom. The highest BCUT2D eigenvalue weighted by Gasteiger charge is 2.30. The number of fused-ring (bicyclic) bond motifs is 1. The number of halogens is 2. The van der Waals surface area contributed by atoms with Gasteiger partial charge in [0.25, 0.3) is 0 Å². The summed E-state index contributed by atoms with van der Waals surface area (Å²) in [5.74, 6) is 0.509. The number of thiophene rings is 1. The number of ether oxygens (including phenoxy) is 1. The van der Waals surface area contributed by atoms with E-state index >= 15 is 0 Å². The molecule has 0 bridgehead atoms. The van der Waals surface area contributed by atoms with Crippen LogP contribution in [0.4, 0.5) is 0 Å². The lowest BCUT2D eigenvalue weighted by Gasteiger charge is -2.40. The third-order valence-electron chi connectivity index (χ3n) is 10.5. The van der Waals surface area contributed by atoms with Gasteiger partial charge in [0, 0.05) is 45.3 Å². The normalized spacial score (nSPS) is 18.5. The van der Waals surface area contributed by atoms with E-state index in [1.54, 1.807) is 0 Å². The molecule has 0 unspecified atom stereocenters. The van der Waals surface area contributed by atoms with Crippen LogP contribution < -0.4 is 4.74 Å². The van der Waals surface area contributed by atoms with E-state index in [2.05, 4.69) is 50.8 Å². The number of nitrogens with zero attached hydrogens (tertiary/aromatic N) is 3. The Morgan fingerprint density at radius 2 is 1.47 bits per heavy atom. The van der Waals surface area contributed by atoms with Gasteiger partial charge in [0.2, 0.25) is 0 Å². The molecular formula is C38H49Cl2N3O3S. The van der Waals surface area contributed by atoms with Gasteiger partial charge in [-0.1, -0.05) is 68.9 Å². The van der Waals surface area contributed by atoms with Gasteiger partial charge in [-0.3, -0.25) is 9.80 Å². The number of carboxylic acid groups (broad SMARTS) is 1. The summed E-state index contributed by atoms with van der Waals surface area (Å²) in [6.07, 6.45) is 13.0. The van der Waals surface area contributed by atoms with Crippen LogP contribution in [0.3, 0.4) is 0 Å². The van der Waals surface area contributed by atoms with E-state index in [4.69, 9.17) is 4.74 Å². The summed E-state index contributed by atoms with van der Waals surface area (Å²) < 4.78 is 9.79. The molecule has 0 atom stereocenters. The van der Waals surface area contributed by atoms with Crippen LogP contribution in [0, 0.1) is 0 Å². The number of carbonyl (C=O) groups is 1. The quantitative estimate of drug-likeness (QED) is 0.179. The lowest BCUT2D eigenvalue weighted by atomic mass is 9.83. The van der Waals surface area contributed by atoms with Crippen molar-refractivity contribution in [3.63, 3.8) is 0 Å². The largest absolute Gasteiger partial charge is 0.489 e. The van der Waals surface area contributed by atoms with Crippen molar-refractivity contribution in [2.45, 2.75) is 89.3 Å². The molecule has 0 spiro atoms. The van der Waals surface area contributed by atoms with Crippen LogP contribution in [0.1, 0.15) is 90.9 Å². The zero-order chi connectivity index (χ0) is 30.6. The number of rotatable bonds is 10. The van der Waals surface area contributed by atoms with Gasteiger partial charge >= 0.3 is 5.97 Å². The molecule has 3 aliphatic rings. The second-order valence-electron chi connectivity index (χ2n) is 13.3. The predicted octanol–water partition coefficient (Wildman–Crippen LogP) is 9.49. The first-order valence-electron chi connectivity index (χ1n) is 17.3. The van der Waals surface area contributed by atoms with Gasteiger partial charge in [0.15, 0.2) is 0 Å². The van der Waals surface area contributed by atoms with Gasteiger partial charge in [-0.25, -0.2) is 4.79 Å². The van der Waals surface area contributed by atoms with Gasteiger partial charge in [-0.15, -0.1) is 36.2 Å². The van der Waals surface area contributed by atoms with Crippen LogP contribution >= 0.6 is 36.2 Å². The van der Waals surface area contributed by atoms with Gasteiger partial charge in [0.1, 0.15) is 17.2 Å². The molecule has 1 N–H and O–H groups in total. The predicted molar refractivity (Wildman–Crippen MR) is 198 cm³/mol. The molecule has 2 aromatic carbocycles. The summed E-state index contributed by atoms with van der Waals surface area (Å²) in [5, 5.41) is 9.99. The summed E-state index contributed by atoms with van der Waals surface area (Å²) in [4.78, 5) is 18.0. The second kappa shape index (κ2) is 16.7. The highest BCUT2D eigenvalue weighted by atomic mass is 35.5. The molecule has 1 saturated heterocycles. The number of aromatic carboxylic acids is 1. The Bertz CT molecular complexity index is 1570. The van der Waals surface area contributed by atoms with E-state index in [-0.39, 0.29) is 24.8 Å². The van der Waals surface area contributed by atoms with Crippen molar-refractivity contribution in [1.82, 2.24) is 14.4 Å². The molecule has 3 heterocycles. The molecule has 6 nitrogen and oxygen atoms in total.